The van der Waals surface area contributed by atoms with Gasteiger partial charge in [0.1, 0.15) is 0 Å². The van der Waals surface area contributed by atoms with Crippen LogP contribution in [0.15, 0.2) is 36.7 Å². The Labute approximate surface area is 140 Å². The van der Waals surface area contributed by atoms with Crippen molar-refractivity contribution in [3.05, 3.63) is 53.5 Å². The van der Waals surface area contributed by atoms with Crippen LogP contribution in [0.2, 0.25) is 0 Å². The molecule has 1 amide bonds. The summed E-state index contributed by atoms with van der Waals surface area (Å²) in [4.78, 5) is 20.9. The minimum absolute atomic E-state index is 0.176. The number of aryl methyl sites for hydroxylation is 1. The molecule has 0 aliphatic heterocycles. The van der Waals surface area contributed by atoms with Crippen LogP contribution in [-0.4, -0.2) is 34.2 Å². The second-order valence-electron chi connectivity index (χ2n) is 6.16. The molecule has 1 aliphatic carbocycles. The monoisotopic (exact) mass is 327 g/mol. The Kier molecular flexibility index (Phi) is 4.76. The predicted octanol–water partition coefficient (Wildman–Crippen LogP) is 2.04. The summed E-state index contributed by atoms with van der Waals surface area (Å²) >= 11 is 0. The lowest BCUT2D eigenvalue weighted by molar-refractivity contribution is 0.0234. The lowest BCUT2D eigenvalue weighted by Gasteiger charge is -2.38. The number of rotatable bonds is 5. The average Bonchev–Trinajstić information content (AvgIpc) is 2.58. The van der Waals surface area contributed by atoms with Crippen molar-refractivity contribution in [2.24, 2.45) is 5.92 Å². The van der Waals surface area contributed by atoms with Gasteiger partial charge in [0.15, 0.2) is 0 Å². The second-order valence-corrected chi connectivity index (χ2v) is 6.16. The van der Waals surface area contributed by atoms with Crippen LogP contribution < -0.4 is 10.1 Å². The number of methoxy groups -OCH3 is 1. The molecule has 24 heavy (non-hydrogen) atoms. The van der Waals surface area contributed by atoms with Crippen LogP contribution >= 0.6 is 0 Å². The summed E-state index contributed by atoms with van der Waals surface area (Å²) < 4.78 is 5.08. The Hall–Kier alpha value is -2.47. The lowest BCUT2D eigenvalue weighted by atomic mass is 9.75. The zero-order valence-corrected chi connectivity index (χ0v) is 13.8. The van der Waals surface area contributed by atoms with Crippen molar-refractivity contribution >= 4 is 5.91 Å². The fourth-order valence-electron chi connectivity index (χ4n) is 2.90. The smallest absolute Gasteiger partial charge is 0.253 e. The third-order valence-corrected chi connectivity index (χ3v) is 4.41. The largest absolute Gasteiger partial charge is 0.481 e. The molecule has 1 fully saturated rings. The van der Waals surface area contributed by atoms with Gasteiger partial charge in [-0.3, -0.25) is 9.78 Å². The third-order valence-electron chi connectivity index (χ3n) is 4.41. The number of aromatic nitrogens is 2. The molecule has 2 N–H and O–H groups in total. The minimum atomic E-state index is -0.290. The Morgan fingerprint density at radius 1 is 1.25 bits per heavy atom. The molecular formula is C18H21N3O3. The molecule has 6 heteroatoms. The molecule has 0 radical (unpaired) electrons. The molecule has 2 heterocycles. The first-order valence-electron chi connectivity index (χ1n) is 7.98. The first kappa shape index (κ1) is 16.4. The molecule has 1 unspecified atom stereocenters. The van der Waals surface area contributed by atoms with Gasteiger partial charge >= 0.3 is 0 Å². The Morgan fingerprint density at radius 2 is 2.04 bits per heavy atom. The molecule has 0 spiro atoms. The van der Waals surface area contributed by atoms with Gasteiger partial charge in [0, 0.05) is 24.2 Å². The van der Waals surface area contributed by atoms with Gasteiger partial charge in [-0.15, -0.1) is 0 Å². The number of ether oxygens (including phenoxy) is 1. The molecule has 126 valence electrons. The summed E-state index contributed by atoms with van der Waals surface area (Å²) in [7, 11) is 1.56. The minimum Gasteiger partial charge on any atom is -0.481 e. The maximum atomic E-state index is 12.5. The summed E-state index contributed by atoms with van der Waals surface area (Å²) in [6.45, 7) is 1.88. The highest BCUT2D eigenvalue weighted by Gasteiger charge is 2.36. The third kappa shape index (κ3) is 3.54. The summed E-state index contributed by atoms with van der Waals surface area (Å²) in [5.74, 6) is 0.544. The predicted molar refractivity (Wildman–Crippen MR) is 88.7 cm³/mol. The average molecular weight is 327 g/mol. The van der Waals surface area contributed by atoms with E-state index in [2.05, 4.69) is 15.3 Å². The number of aliphatic hydroxyl groups excluding tert-OH is 1. The molecule has 2 aromatic rings. The van der Waals surface area contributed by atoms with E-state index in [9.17, 15) is 9.90 Å². The molecule has 2 aromatic heterocycles. The van der Waals surface area contributed by atoms with Crippen molar-refractivity contribution < 1.29 is 14.6 Å². The standard InChI is InChI=1S/C18H21N3O3/c1-11-3-4-13(10-19-11)18(23)21-17(14-7-15(22)8-14)12-5-6-16(24-2)20-9-12/h3-6,9-10,14-15,17,22H,7-8H2,1-2H3,(H,21,23). The number of nitrogens with zero attached hydrogens (tertiary/aromatic N) is 2. The van der Waals surface area contributed by atoms with Gasteiger partial charge in [0.05, 0.1) is 24.8 Å². The van der Waals surface area contributed by atoms with Crippen molar-refractivity contribution in [2.75, 3.05) is 7.11 Å². The molecule has 0 bridgehead atoms. The number of carbonyl (C=O) groups excluding carboxylic acids is 1. The quantitative estimate of drug-likeness (QED) is 0.878. The van der Waals surface area contributed by atoms with Crippen LogP contribution in [0, 0.1) is 12.8 Å². The van der Waals surface area contributed by atoms with Crippen molar-refractivity contribution in [2.45, 2.75) is 31.9 Å². The maximum Gasteiger partial charge on any atom is 0.253 e. The molecule has 1 aliphatic rings. The van der Waals surface area contributed by atoms with Crippen LogP contribution in [0.3, 0.4) is 0 Å². The maximum absolute atomic E-state index is 12.5. The summed E-state index contributed by atoms with van der Waals surface area (Å²) in [6, 6.07) is 7.05. The molecule has 1 atom stereocenters. The van der Waals surface area contributed by atoms with E-state index in [1.54, 1.807) is 31.6 Å². The van der Waals surface area contributed by atoms with E-state index in [0.29, 0.717) is 24.3 Å². The first-order valence-corrected chi connectivity index (χ1v) is 7.98. The zero-order valence-electron chi connectivity index (χ0n) is 13.8. The van der Waals surface area contributed by atoms with Gasteiger partial charge in [0.2, 0.25) is 5.88 Å². The van der Waals surface area contributed by atoms with Crippen LogP contribution in [0.25, 0.3) is 0 Å². The van der Waals surface area contributed by atoms with E-state index < -0.39 is 0 Å². The highest BCUT2D eigenvalue weighted by Crippen LogP contribution is 2.38. The molecular weight excluding hydrogens is 306 g/mol. The van der Waals surface area contributed by atoms with Crippen LogP contribution in [-0.2, 0) is 0 Å². The Morgan fingerprint density at radius 3 is 2.58 bits per heavy atom. The van der Waals surface area contributed by atoms with Crippen molar-refractivity contribution in [1.29, 1.82) is 0 Å². The van der Waals surface area contributed by atoms with Crippen LogP contribution in [0.4, 0.5) is 0 Å². The van der Waals surface area contributed by atoms with Crippen molar-refractivity contribution in [1.82, 2.24) is 15.3 Å². The van der Waals surface area contributed by atoms with Crippen LogP contribution in [0.1, 0.15) is 40.5 Å². The number of pyridine rings is 2. The molecule has 3 rings (SSSR count). The molecule has 6 nitrogen and oxygen atoms in total. The topological polar surface area (TPSA) is 84.3 Å². The van der Waals surface area contributed by atoms with E-state index >= 15 is 0 Å². The molecule has 0 saturated heterocycles. The number of nitrogens with one attached hydrogen (secondary N) is 1. The molecule has 0 aromatic carbocycles. The summed E-state index contributed by atoms with van der Waals surface area (Å²) in [5, 5.41) is 12.7. The molecule has 1 saturated carbocycles. The number of hydrogen-bond acceptors (Lipinski definition) is 5. The van der Waals surface area contributed by atoms with Gasteiger partial charge in [-0.25, -0.2) is 4.98 Å². The lowest BCUT2D eigenvalue weighted by Crippen LogP contribution is -2.41. The SMILES string of the molecule is COc1ccc(C(NC(=O)c2ccc(C)nc2)C2CC(O)C2)cn1. The van der Waals surface area contributed by atoms with Gasteiger partial charge < -0.3 is 15.2 Å². The highest BCUT2D eigenvalue weighted by molar-refractivity contribution is 5.94. The van der Waals surface area contributed by atoms with Gasteiger partial charge in [-0.05, 0) is 43.4 Å². The van der Waals surface area contributed by atoms with E-state index in [-0.39, 0.29) is 24.0 Å². The number of amides is 1. The van der Waals surface area contributed by atoms with E-state index in [0.717, 1.165) is 11.3 Å². The van der Waals surface area contributed by atoms with Gasteiger partial charge in [-0.2, -0.15) is 0 Å². The fourth-order valence-corrected chi connectivity index (χ4v) is 2.90. The van der Waals surface area contributed by atoms with Gasteiger partial charge in [-0.1, -0.05) is 6.07 Å². The van der Waals surface area contributed by atoms with E-state index in [4.69, 9.17) is 4.74 Å². The Bertz CT molecular complexity index is 694. The number of carbonyl (C=O) groups is 1. The van der Waals surface area contributed by atoms with E-state index in [1.165, 1.54) is 0 Å². The zero-order chi connectivity index (χ0) is 17.1. The Balaban J connectivity index is 1.79. The number of hydrogen-bond donors (Lipinski definition) is 2. The number of aliphatic hydroxyl groups is 1. The second kappa shape index (κ2) is 6.97. The van der Waals surface area contributed by atoms with Gasteiger partial charge in [0.25, 0.3) is 5.91 Å². The highest BCUT2D eigenvalue weighted by atomic mass is 16.5. The van der Waals surface area contributed by atoms with E-state index in [1.807, 2.05) is 19.1 Å². The fraction of sp³-hybridized carbons (Fsp3) is 0.389. The van der Waals surface area contributed by atoms with Crippen molar-refractivity contribution in [3.63, 3.8) is 0 Å². The van der Waals surface area contributed by atoms with Crippen LogP contribution in [0.5, 0.6) is 5.88 Å². The normalized spacial score (nSPS) is 20.8. The first-order chi connectivity index (χ1) is 11.6. The summed E-state index contributed by atoms with van der Waals surface area (Å²) in [6.07, 6.45) is 4.33. The summed E-state index contributed by atoms with van der Waals surface area (Å²) in [5.41, 5.74) is 2.29. The van der Waals surface area contributed by atoms with Crippen molar-refractivity contribution in [3.8, 4) is 5.88 Å².